The molecule has 0 radical (unpaired) electrons. The van der Waals surface area contributed by atoms with E-state index in [0.29, 0.717) is 49.6 Å². The molecule has 0 heterocycles. The molecule has 0 aromatic carbocycles. The maximum Gasteiger partial charge on any atom is 0.196 e. The van der Waals surface area contributed by atoms with Crippen LogP contribution in [-0.4, -0.2) is 15.0 Å². The number of hydrogen-bond acceptors (Lipinski definition) is 2. The molecule has 1 spiro atoms. The number of aliphatic hydroxyl groups excluding tert-OH is 1. The van der Waals surface area contributed by atoms with Crippen molar-refractivity contribution in [3.63, 3.8) is 0 Å². The summed E-state index contributed by atoms with van der Waals surface area (Å²) in [7, 11) is 0. The highest BCUT2D eigenvalue weighted by Gasteiger charge is 2.77. The van der Waals surface area contributed by atoms with Crippen molar-refractivity contribution in [3.8, 4) is 0 Å². The van der Waals surface area contributed by atoms with Crippen molar-refractivity contribution in [1.82, 2.24) is 0 Å². The third-order valence-corrected chi connectivity index (χ3v) is 14.0. The maximum atomic E-state index is 13.0. The Bertz CT molecular complexity index is 779. The minimum atomic E-state index is -0.173. The number of carbonyl (C=O) groups is 1. The lowest BCUT2D eigenvalue weighted by molar-refractivity contribution is -0.144. The van der Waals surface area contributed by atoms with Crippen molar-refractivity contribution >= 4 is 26.4 Å². The van der Waals surface area contributed by atoms with E-state index in [1.54, 1.807) is 0 Å². The molecule has 2 nitrogen and oxygen atoms in total. The van der Waals surface area contributed by atoms with Gasteiger partial charge in [-0.3, -0.25) is 4.79 Å². The quantitative estimate of drug-likeness (QED) is 0.250. The number of aliphatic hydroxyl groups is 1. The van der Waals surface area contributed by atoms with E-state index in [1.807, 2.05) is 0 Å². The van der Waals surface area contributed by atoms with Gasteiger partial charge in [0.15, 0.2) is 3.79 Å². The molecule has 3 heteroatoms. The average molecular weight is 569 g/mol. The zero-order valence-corrected chi connectivity index (χ0v) is 24.2. The number of hydrogen-bond donors (Lipinski definition) is 1. The van der Waals surface area contributed by atoms with Gasteiger partial charge in [0.2, 0.25) is 0 Å². The lowest BCUT2D eigenvalue weighted by Gasteiger charge is -2.61. The van der Waals surface area contributed by atoms with E-state index >= 15 is 0 Å². The van der Waals surface area contributed by atoms with Gasteiger partial charge in [-0.2, -0.15) is 0 Å². The molecule has 0 aromatic heterocycles. The number of carbonyl (C=O) groups excluding carboxylic acids is 1. The maximum absolute atomic E-state index is 13.0. The van der Waals surface area contributed by atoms with Crippen molar-refractivity contribution < 1.29 is 9.90 Å². The van der Waals surface area contributed by atoms with Gasteiger partial charge in [0.1, 0.15) is 0 Å². The van der Waals surface area contributed by atoms with Gasteiger partial charge in [-0.15, -0.1) is 0 Å². The zero-order valence-electron chi connectivity index (χ0n) is 22.1. The Morgan fingerprint density at radius 3 is 2.39 bits per heavy atom. The molecule has 5 rings (SSSR count). The fourth-order valence-corrected chi connectivity index (χ4v) is 12.1. The summed E-state index contributed by atoms with van der Waals surface area (Å²) in [4.78, 5) is 13.0. The third-order valence-electron chi connectivity index (χ3n) is 13.2. The highest BCUT2D eigenvalue weighted by Crippen LogP contribution is 2.83. The van der Waals surface area contributed by atoms with Crippen LogP contribution in [0.3, 0.4) is 0 Å². The molecule has 5 fully saturated rings. The Labute approximate surface area is 217 Å². The number of rotatable bonds is 7. The second-order valence-electron chi connectivity index (χ2n) is 14.2. The first-order valence-electron chi connectivity index (χ1n) is 14.4. The lowest BCUT2D eigenvalue weighted by atomic mass is 9.44. The van der Waals surface area contributed by atoms with Crippen molar-refractivity contribution in [2.45, 2.75) is 112 Å². The molecule has 5 saturated carbocycles. The summed E-state index contributed by atoms with van der Waals surface area (Å²) in [6, 6.07) is 0. The van der Waals surface area contributed by atoms with Crippen molar-refractivity contribution in [2.24, 2.45) is 69.5 Å². The summed E-state index contributed by atoms with van der Waals surface area (Å²) in [5.41, 5.74) is 1.12. The standard InChI is InChI=1S/C30H49IO2/c1-7-19(17(2)3)14-26(32)18(4)22-8-9-23-21-15-25(27(31)33)30-16-20(30)10-13-29(30,6)24(21)11-12-28(22,23)5/h17-26,32H,7-16H2,1-6H3/t18-,19-,20+,21?,22?,23?,24?,25-,26+,28+,29+,30?/m0/s1. The highest BCUT2D eigenvalue weighted by molar-refractivity contribution is 14.1. The number of halogens is 1. The third kappa shape index (κ3) is 3.42. The van der Waals surface area contributed by atoms with Gasteiger partial charge in [0, 0.05) is 5.92 Å². The summed E-state index contributed by atoms with van der Waals surface area (Å²) in [5, 5.41) is 11.3. The summed E-state index contributed by atoms with van der Waals surface area (Å²) in [6.07, 6.45) is 12.6. The SMILES string of the molecule is CC[C@@H](C[C@@H](O)[C@@H](C)C1CCC2C3C[C@@H](C(=O)I)C45C[C@H]4CC[C@]5(C)C3CC[C@@]21C)C(C)C. The number of fused-ring (bicyclic) bond motifs is 4. The van der Waals surface area contributed by atoms with Crippen LogP contribution in [0.4, 0.5) is 0 Å². The van der Waals surface area contributed by atoms with Crippen LogP contribution in [0.15, 0.2) is 0 Å². The zero-order chi connectivity index (χ0) is 23.9. The van der Waals surface area contributed by atoms with Crippen molar-refractivity contribution in [1.29, 1.82) is 0 Å². The Hall–Kier alpha value is 0.360. The van der Waals surface area contributed by atoms with E-state index in [-0.39, 0.29) is 6.10 Å². The van der Waals surface area contributed by atoms with Gasteiger partial charge in [-0.05, 0) is 144 Å². The van der Waals surface area contributed by atoms with Crippen LogP contribution in [0.25, 0.3) is 0 Å². The van der Waals surface area contributed by atoms with Gasteiger partial charge in [0.25, 0.3) is 0 Å². The van der Waals surface area contributed by atoms with Crippen LogP contribution < -0.4 is 0 Å². The van der Waals surface area contributed by atoms with E-state index in [4.69, 9.17) is 0 Å². The van der Waals surface area contributed by atoms with Crippen LogP contribution in [0.2, 0.25) is 0 Å². The highest BCUT2D eigenvalue weighted by atomic mass is 127. The Kier molecular flexibility index (Phi) is 6.41. The van der Waals surface area contributed by atoms with Gasteiger partial charge in [-0.25, -0.2) is 0 Å². The van der Waals surface area contributed by atoms with Gasteiger partial charge < -0.3 is 5.11 Å². The van der Waals surface area contributed by atoms with Crippen LogP contribution in [0, 0.1) is 69.5 Å². The molecule has 5 aliphatic rings. The fraction of sp³-hybridized carbons (Fsp3) is 0.967. The van der Waals surface area contributed by atoms with Crippen LogP contribution >= 0.6 is 22.6 Å². The average Bonchev–Trinajstić information content (AvgIpc) is 3.26. The first kappa shape index (κ1) is 25.0. The first-order chi connectivity index (χ1) is 15.5. The molecule has 0 saturated heterocycles. The minimum absolute atomic E-state index is 0.173. The molecule has 1 N–H and O–H groups in total. The molecule has 0 amide bonds. The molecule has 33 heavy (non-hydrogen) atoms. The molecule has 0 aliphatic heterocycles. The van der Waals surface area contributed by atoms with E-state index in [2.05, 4.69) is 64.1 Å². The topological polar surface area (TPSA) is 37.3 Å². The Morgan fingerprint density at radius 2 is 1.79 bits per heavy atom. The van der Waals surface area contributed by atoms with Crippen LogP contribution in [-0.2, 0) is 4.79 Å². The second kappa shape index (κ2) is 8.45. The molecule has 0 aromatic rings. The summed E-state index contributed by atoms with van der Waals surface area (Å²) in [5.74, 6) is 5.78. The second-order valence-corrected chi connectivity index (χ2v) is 15.2. The van der Waals surface area contributed by atoms with E-state index < -0.39 is 0 Å². The predicted octanol–water partition coefficient (Wildman–Crippen LogP) is 7.90. The molecular formula is C30H49IO2. The summed E-state index contributed by atoms with van der Waals surface area (Å²) in [6.45, 7) is 14.5. The van der Waals surface area contributed by atoms with E-state index in [0.717, 1.165) is 30.1 Å². The van der Waals surface area contributed by atoms with Crippen LogP contribution in [0.1, 0.15) is 106 Å². The Balaban J connectivity index is 1.38. The summed E-state index contributed by atoms with van der Waals surface area (Å²) < 4.78 is 0.464. The molecular weight excluding hydrogens is 519 g/mol. The van der Waals surface area contributed by atoms with Crippen molar-refractivity contribution in [3.05, 3.63) is 0 Å². The monoisotopic (exact) mass is 568 g/mol. The van der Waals surface area contributed by atoms with E-state index in [9.17, 15) is 9.90 Å². The fourth-order valence-electron chi connectivity index (χ4n) is 11.3. The van der Waals surface area contributed by atoms with E-state index in [1.165, 1.54) is 57.8 Å². The minimum Gasteiger partial charge on any atom is -0.393 e. The predicted molar refractivity (Wildman–Crippen MR) is 144 cm³/mol. The van der Waals surface area contributed by atoms with Gasteiger partial charge in [-0.1, -0.05) is 48.0 Å². The lowest BCUT2D eigenvalue weighted by Crippen LogP contribution is -2.56. The normalized spacial score (nSPS) is 50.7. The smallest absolute Gasteiger partial charge is 0.196 e. The van der Waals surface area contributed by atoms with Gasteiger partial charge in [0.05, 0.1) is 6.10 Å². The molecule has 12 atom stereocenters. The van der Waals surface area contributed by atoms with Gasteiger partial charge >= 0.3 is 0 Å². The molecule has 5 aliphatic carbocycles. The molecule has 188 valence electrons. The molecule has 0 bridgehead atoms. The molecule has 5 unspecified atom stereocenters. The summed E-state index contributed by atoms with van der Waals surface area (Å²) >= 11 is 2.16. The largest absolute Gasteiger partial charge is 0.393 e. The Morgan fingerprint density at radius 1 is 1.06 bits per heavy atom. The first-order valence-corrected chi connectivity index (χ1v) is 15.5. The van der Waals surface area contributed by atoms with Crippen LogP contribution in [0.5, 0.6) is 0 Å². The van der Waals surface area contributed by atoms with Crippen molar-refractivity contribution in [2.75, 3.05) is 0 Å².